The van der Waals surface area contributed by atoms with Gasteiger partial charge in [0.1, 0.15) is 4.32 Å². The van der Waals surface area contributed by atoms with E-state index < -0.39 is 0 Å². The number of para-hydroxylation sites is 1. The third-order valence-corrected chi connectivity index (χ3v) is 5.08. The lowest BCUT2D eigenvalue weighted by molar-refractivity contribution is -0.122. The molecular weight excluding hydrogens is 316 g/mol. The highest BCUT2D eigenvalue weighted by Gasteiger charge is 2.41. The molecule has 1 aromatic carbocycles. The predicted molar refractivity (Wildman–Crippen MR) is 93.5 cm³/mol. The Morgan fingerprint density at radius 2 is 1.95 bits per heavy atom. The summed E-state index contributed by atoms with van der Waals surface area (Å²) in [5.41, 5.74) is 2.04. The van der Waals surface area contributed by atoms with E-state index in [-0.39, 0.29) is 11.8 Å². The smallest absolute Gasteiger partial charge is 0.266 e. The molecule has 2 aliphatic rings. The molecule has 0 bridgehead atoms. The fraction of sp³-hybridized carbons (Fsp3) is 0.188. The molecular formula is C16H14N2O2S2. The number of thiocarbonyl (C=S) groups is 1. The topological polar surface area (TPSA) is 40.6 Å². The van der Waals surface area contributed by atoms with E-state index in [9.17, 15) is 9.59 Å². The molecule has 3 rings (SSSR count). The standard InChI is InChI=1S/C16H14N2O2S2/c1-3-9-18-11-8-6-5-7-10(11)12(14(18)19)13-15(20)17(4-2)16(21)22-13/h3,5-8H,1,4,9H2,2H3. The lowest BCUT2D eigenvalue weighted by Gasteiger charge is -2.14. The average molecular weight is 330 g/mol. The van der Waals surface area contributed by atoms with Crippen LogP contribution in [0.5, 0.6) is 0 Å². The molecule has 112 valence electrons. The summed E-state index contributed by atoms with van der Waals surface area (Å²) in [6.45, 7) is 6.48. The minimum atomic E-state index is -0.184. The first kappa shape index (κ1) is 15.0. The summed E-state index contributed by atoms with van der Waals surface area (Å²) in [6.07, 6.45) is 1.68. The lowest BCUT2D eigenvalue weighted by Crippen LogP contribution is -2.29. The van der Waals surface area contributed by atoms with Gasteiger partial charge in [-0.15, -0.1) is 6.58 Å². The molecule has 2 aliphatic heterocycles. The van der Waals surface area contributed by atoms with Gasteiger partial charge < -0.3 is 4.90 Å². The van der Waals surface area contributed by atoms with Crippen molar-refractivity contribution in [3.05, 3.63) is 47.4 Å². The van der Waals surface area contributed by atoms with Gasteiger partial charge in [0.05, 0.1) is 16.2 Å². The summed E-state index contributed by atoms with van der Waals surface area (Å²) in [7, 11) is 0. The Hall–Kier alpha value is -1.92. The number of amides is 2. The number of hydrogen-bond acceptors (Lipinski definition) is 4. The minimum Gasteiger partial charge on any atom is -0.304 e. The van der Waals surface area contributed by atoms with Crippen LogP contribution in [0, 0.1) is 0 Å². The van der Waals surface area contributed by atoms with Crippen LogP contribution in [0.15, 0.2) is 41.8 Å². The molecule has 0 spiro atoms. The van der Waals surface area contributed by atoms with Crippen LogP contribution in [0.25, 0.3) is 5.57 Å². The molecule has 1 saturated heterocycles. The van der Waals surface area contributed by atoms with Crippen molar-refractivity contribution in [1.82, 2.24) is 4.90 Å². The van der Waals surface area contributed by atoms with Gasteiger partial charge in [-0.1, -0.05) is 48.3 Å². The number of carbonyl (C=O) groups excluding carboxylic acids is 2. The summed E-state index contributed by atoms with van der Waals surface area (Å²) in [5, 5.41) is 0. The van der Waals surface area contributed by atoms with Crippen LogP contribution in [0.1, 0.15) is 12.5 Å². The molecule has 1 fully saturated rings. The second-order valence-electron chi connectivity index (χ2n) is 4.84. The summed E-state index contributed by atoms with van der Waals surface area (Å²) in [4.78, 5) is 28.9. The third-order valence-electron chi connectivity index (χ3n) is 3.63. The van der Waals surface area contributed by atoms with E-state index in [0.29, 0.717) is 27.9 Å². The number of likely N-dealkylation sites (N-methyl/N-ethyl adjacent to an activating group) is 1. The second-order valence-corrected chi connectivity index (χ2v) is 6.49. The van der Waals surface area contributed by atoms with Crippen LogP contribution in [0.2, 0.25) is 0 Å². The Morgan fingerprint density at radius 3 is 2.59 bits per heavy atom. The molecule has 0 saturated carbocycles. The highest BCUT2D eigenvalue weighted by Crippen LogP contribution is 2.44. The monoisotopic (exact) mass is 330 g/mol. The third kappa shape index (κ3) is 2.10. The number of rotatable bonds is 3. The van der Waals surface area contributed by atoms with Gasteiger partial charge in [-0.05, 0) is 13.0 Å². The summed E-state index contributed by atoms with van der Waals surface area (Å²) in [6, 6.07) is 7.49. The van der Waals surface area contributed by atoms with Crippen LogP contribution in [-0.4, -0.2) is 34.1 Å². The van der Waals surface area contributed by atoms with Gasteiger partial charge in [0.25, 0.3) is 11.8 Å². The maximum absolute atomic E-state index is 12.8. The van der Waals surface area contributed by atoms with E-state index in [4.69, 9.17) is 12.2 Å². The normalized spacial score (nSPS) is 20.9. The maximum Gasteiger partial charge on any atom is 0.266 e. The van der Waals surface area contributed by atoms with Gasteiger partial charge in [-0.2, -0.15) is 0 Å². The van der Waals surface area contributed by atoms with Crippen molar-refractivity contribution in [2.24, 2.45) is 0 Å². The first-order chi connectivity index (χ1) is 10.6. The van der Waals surface area contributed by atoms with Crippen molar-refractivity contribution < 1.29 is 9.59 Å². The van der Waals surface area contributed by atoms with Crippen LogP contribution in [0.3, 0.4) is 0 Å². The maximum atomic E-state index is 12.8. The van der Waals surface area contributed by atoms with E-state index in [2.05, 4.69) is 6.58 Å². The summed E-state index contributed by atoms with van der Waals surface area (Å²) >= 11 is 6.45. The highest BCUT2D eigenvalue weighted by molar-refractivity contribution is 8.26. The van der Waals surface area contributed by atoms with Gasteiger partial charge in [-0.3, -0.25) is 14.5 Å². The van der Waals surface area contributed by atoms with E-state index >= 15 is 0 Å². The Labute approximate surface area is 138 Å². The van der Waals surface area contributed by atoms with Crippen LogP contribution >= 0.6 is 24.0 Å². The van der Waals surface area contributed by atoms with Crippen molar-refractivity contribution in [2.75, 3.05) is 18.0 Å². The lowest BCUT2D eigenvalue weighted by atomic mass is 10.1. The van der Waals surface area contributed by atoms with Crippen molar-refractivity contribution in [3.8, 4) is 0 Å². The number of nitrogens with zero attached hydrogens (tertiary/aromatic N) is 2. The van der Waals surface area contributed by atoms with E-state index in [1.165, 1.54) is 16.7 Å². The van der Waals surface area contributed by atoms with Gasteiger partial charge in [0.2, 0.25) is 0 Å². The van der Waals surface area contributed by atoms with Gasteiger partial charge >= 0.3 is 0 Å². The molecule has 0 unspecified atom stereocenters. The van der Waals surface area contributed by atoms with E-state index in [0.717, 1.165) is 11.3 Å². The predicted octanol–water partition coefficient (Wildman–Crippen LogP) is 2.81. The van der Waals surface area contributed by atoms with Crippen molar-refractivity contribution in [1.29, 1.82) is 0 Å². The molecule has 0 atom stereocenters. The van der Waals surface area contributed by atoms with Crippen LogP contribution in [-0.2, 0) is 9.59 Å². The number of carbonyl (C=O) groups is 2. The summed E-state index contributed by atoms with van der Waals surface area (Å²) < 4.78 is 0.502. The Morgan fingerprint density at radius 1 is 1.23 bits per heavy atom. The van der Waals surface area contributed by atoms with Crippen molar-refractivity contribution in [2.45, 2.75) is 6.92 Å². The van der Waals surface area contributed by atoms with Crippen LogP contribution < -0.4 is 4.90 Å². The Bertz CT molecular complexity index is 739. The number of benzene rings is 1. The first-order valence-corrected chi connectivity index (χ1v) is 8.12. The SMILES string of the molecule is C=CCN1C(=O)C(=C2SC(=S)N(CC)C2=O)c2ccccc21. The molecule has 0 aliphatic carbocycles. The average Bonchev–Trinajstić information content (AvgIpc) is 2.94. The molecule has 1 aromatic rings. The second kappa shape index (κ2) is 5.70. The number of hydrogen-bond donors (Lipinski definition) is 0. The molecule has 6 heteroatoms. The number of anilines is 1. The number of thioether (sulfide) groups is 1. The van der Waals surface area contributed by atoms with Crippen LogP contribution in [0.4, 0.5) is 5.69 Å². The number of fused-ring (bicyclic) bond motifs is 1. The fourth-order valence-electron chi connectivity index (χ4n) is 2.63. The Balaban J connectivity index is 2.18. The Kier molecular flexibility index (Phi) is 3.88. The fourth-order valence-corrected chi connectivity index (χ4v) is 4.09. The quantitative estimate of drug-likeness (QED) is 0.485. The summed E-state index contributed by atoms with van der Waals surface area (Å²) in [5.74, 6) is -0.353. The van der Waals surface area contributed by atoms with Gasteiger partial charge in [0, 0.05) is 18.7 Å². The highest BCUT2D eigenvalue weighted by atomic mass is 32.2. The zero-order chi connectivity index (χ0) is 15.9. The zero-order valence-corrected chi connectivity index (χ0v) is 13.7. The van der Waals surface area contributed by atoms with E-state index in [1.54, 1.807) is 11.0 Å². The van der Waals surface area contributed by atoms with Gasteiger partial charge in [-0.25, -0.2) is 0 Å². The van der Waals surface area contributed by atoms with E-state index in [1.807, 2.05) is 31.2 Å². The molecule has 0 N–H and O–H groups in total. The minimum absolute atomic E-state index is 0.169. The van der Waals surface area contributed by atoms with Crippen molar-refractivity contribution >= 4 is 51.4 Å². The molecule has 2 heterocycles. The zero-order valence-electron chi connectivity index (χ0n) is 12.0. The largest absolute Gasteiger partial charge is 0.304 e. The van der Waals surface area contributed by atoms with Gasteiger partial charge in [0.15, 0.2) is 0 Å². The molecule has 22 heavy (non-hydrogen) atoms. The first-order valence-electron chi connectivity index (χ1n) is 6.90. The van der Waals surface area contributed by atoms with Crippen molar-refractivity contribution in [3.63, 3.8) is 0 Å². The molecule has 4 nitrogen and oxygen atoms in total. The molecule has 0 aromatic heterocycles. The molecule has 2 amide bonds. The molecule has 0 radical (unpaired) electrons.